The van der Waals surface area contributed by atoms with E-state index in [1.54, 1.807) is 48.2 Å². The number of aliphatic hydroxyl groups excluding tert-OH is 1. The average Bonchev–Trinajstić information content (AvgIpc) is 3.07. The van der Waals surface area contributed by atoms with Crippen LogP contribution in [0.15, 0.2) is 83.8 Å². The summed E-state index contributed by atoms with van der Waals surface area (Å²) >= 11 is 0. The van der Waals surface area contributed by atoms with Gasteiger partial charge in [0, 0.05) is 42.9 Å². The Kier molecular flexibility index (Phi) is 15.1. The van der Waals surface area contributed by atoms with Crippen LogP contribution in [0.2, 0.25) is 0 Å². The molecule has 2 amide bonds. The van der Waals surface area contributed by atoms with Crippen LogP contribution in [-0.2, 0) is 16.4 Å². The van der Waals surface area contributed by atoms with Gasteiger partial charge >= 0.3 is 0 Å². The lowest BCUT2D eigenvalue weighted by Crippen LogP contribution is -2.53. The number of nitrogens with zero attached hydrogens (tertiary/aromatic N) is 2. The molecule has 3 aromatic rings. The molecule has 3 N–H and O–H groups in total. The lowest BCUT2D eigenvalue weighted by Gasteiger charge is -2.30. The van der Waals surface area contributed by atoms with Gasteiger partial charge in [0.15, 0.2) is 0 Å². The van der Waals surface area contributed by atoms with E-state index >= 15 is 0 Å². The number of rotatable bonds is 18. The highest BCUT2D eigenvalue weighted by Gasteiger charge is 2.28. The number of hydrogen-bond acceptors (Lipinski definition) is 6. The van der Waals surface area contributed by atoms with E-state index in [2.05, 4.69) is 22.0 Å². The van der Waals surface area contributed by atoms with Gasteiger partial charge < -0.3 is 15.3 Å². The summed E-state index contributed by atoms with van der Waals surface area (Å²) < 4.78 is 26.3. The molecule has 0 radical (unpaired) electrons. The SMILES string of the molecule is CC#Cc1cc(C(=O)NC(Cc2ccccc2)C(O)CN(CCCC)NS(=O)(=O)c2ccccc2)cc(C(=O)N(CCC)CCC)c1. The predicted molar refractivity (Wildman–Crippen MR) is 186 cm³/mol. The lowest BCUT2D eigenvalue weighted by molar-refractivity contribution is 0.0614. The molecule has 0 aliphatic rings. The van der Waals surface area contributed by atoms with Crippen molar-refractivity contribution in [2.75, 3.05) is 26.2 Å². The molecule has 0 saturated carbocycles. The van der Waals surface area contributed by atoms with Crippen molar-refractivity contribution in [1.29, 1.82) is 0 Å². The van der Waals surface area contributed by atoms with Crippen molar-refractivity contribution in [2.45, 2.75) is 76.8 Å². The van der Waals surface area contributed by atoms with Gasteiger partial charge in [0.05, 0.1) is 17.0 Å². The summed E-state index contributed by atoms with van der Waals surface area (Å²) in [5.74, 6) is 5.19. The minimum absolute atomic E-state index is 0.0715. The zero-order chi connectivity index (χ0) is 34.2. The summed E-state index contributed by atoms with van der Waals surface area (Å²) in [4.78, 5) is 31.9. The van der Waals surface area contributed by atoms with Crippen molar-refractivity contribution in [3.63, 3.8) is 0 Å². The van der Waals surface area contributed by atoms with E-state index < -0.39 is 28.1 Å². The quantitative estimate of drug-likeness (QED) is 0.130. The van der Waals surface area contributed by atoms with Crippen LogP contribution in [0.5, 0.6) is 0 Å². The van der Waals surface area contributed by atoms with Crippen LogP contribution < -0.4 is 10.1 Å². The average molecular weight is 661 g/mol. The van der Waals surface area contributed by atoms with Gasteiger partial charge in [-0.15, -0.1) is 10.8 Å². The molecule has 0 spiro atoms. The van der Waals surface area contributed by atoms with Gasteiger partial charge in [0.1, 0.15) is 0 Å². The van der Waals surface area contributed by atoms with E-state index in [1.807, 2.05) is 51.1 Å². The van der Waals surface area contributed by atoms with Gasteiger partial charge in [-0.25, -0.2) is 13.4 Å². The first-order chi connectivity index (χ1) is 22.6. The summed E-state index contributed by atoms with van der Waals surface area (Å²) in [5.41, 5.74) is 2.05. The number of hydrogen-bond donors (Lipinski definition) is 3. The van der Waals surface area contributed by atoms with Gasteiger partial charge in [-0.1, -0.05) is 81.6 Å². The van der Waals surface area contributed by atoms with Gasteiger partial charge in [0.2, 0.25) is 0 Å². The number of aliphatic hydroxyl groups is 1. The highest BCUT2D eigenvalue weighted by atomic mass is 32.2. The second-order valence-corrected chi connectivity index (χ2v) is 13.2. The molecule has 0 aliphatic heterocycles. The van der Waals surface area contributed by atoms with Crippen molar-refractivity contribution in [2.24, 2.45) is 0 Å². The first-order valence-corrected chi connectivity index (χ1v) is 17.8. The van der Waals surface area contributed by atoms with Crippen molar-refractivity contribution in [3.8, 4) is 11.8 Å². The minimum atomic E-state index is -3.90. The number of carbonyl (C=O) groups excluding carboxylic acids is 2. The third-order valence-electron chi connectivity index (χ3n) is 7.56. The first kappa shape index (κ1) is 37.4. The van der Waals surface area contributed by atoms with Gasteiger partial charge in [-0.05, 0) is 68.5 Å². The van der Waals surface area contributed by atoms with Crippen molar-refractivity contribution in [3.05, 3.63) is 101 Å². The van der Waals surface area contributed by atoms with Crippen molar-refractivity contribution in [1.82, 2.24) is 20.1 Å². The molecule has 0 aromatic heterocycles. The predicted octanol–water partition coefficient (Wildman–Crippen LogP) is 5.02. The van der Waals surface area contributed by atoms with E-state index in [0.717, 1.165) is 24.8 Å². The van der Waals surface area contributed by atoms with Crippen LogP contribution in [0.1, 0.15) is 85.2 Å². The lowest BCUT2D eigenvalue weighted by atomic mass is 9.99. The molecule has 47 heavy (non-hydrogen) atoms. The van der Waals surface area contributed by atoms with Crippen LogP contribution in [0.3, 0.4) is 0 Å². The standard InChI is InChI=1S/C37H48N4O5S/c1-5-9-23-41(39-47(45,46)33-19-14-11-15-20-33)28-35(42)34(26-29-17-12-10-13-18-29)38-36(43)31-24-30(16-6-2)25-32(27-31)37(44)40(21-7-3)22-8-4/h10-15,17-20,24-25,27,34-35,39,42H,5,7-9,21-23,26,28H2,1-4H3,(H,38,43). The van der Waals surface area contributed by atoms with Gasteiger partial charge in [-0.2, -0.15) is 0 Å². The summed E-state index contributed by atoms with van der Waals surface area (Å²) in [6, 6.07) is 21.6. The van der Waals surface area contributed by atoms with Crippen LogP contribution in [0.25, 0.3) is 0 Å². The molecule has 0 saturated heterocycles. The summed E-state index contributed by atoms with van der Waals surface area (Å²) in [7, 11) is -3.90. The molecule has 10 heteroatoms. The Morgan fingerprint density at radius 2 is 1.47 bits per heavy atom. The number of benzene rings is 3. The van der Waals surface area contributed by atoms with E-state index in [4.69, 9.17) is 0 Å². The van der Waals surface area contributed by atoms with Crippen LogP contribution in [-0.4, -0.2) is 73.6 Å². The zero-order valence-corrected chi connectivity index (χ0v) is 28.7. The van der Waals surface area contributed by atoms with Crippen LogP contribution in [0.4, 0.5) is 0 Å². The molecule has 9 nitrogen and oxygen atoms in total. The van der Waals surface area contributed by atoms with E-state index in [-0.39, 0.29) is 22.9 Å². The number of amides is 2. The van der Waals surface area contributed by atoms with E-state index in [0.29, 0.717) is 43.6 Å². The molecular weight excluding hydrogens is 612 g/mol. The normalized spacial score (nSPS) is 12.6. The first-order valence-electron chi connectivity index (χ1n) is 16.3. The number of sulfonamides is 1. The Bertz CT molecular complexity index is 1600. The third-order valence-corrected chi connectivity index (χ3v) is 8.95. The van der Waals surface area contributed by atoms with Crippen LogP contribution >= 0.6 is 0 Å². The fraction of sp³-hybridized carbons (Fsp3) is 0.405. The summed E-state index contributed by atoms with van der Waals surface area (Å²) in [5, 5.41) is 16.1. The summed E-state index contributed by atoms with van der Waals surface area (Å²) in [6.07, 6.45) is 2.26. The highest BCUT2D eigenvalue weighted by molar-refractivity contribution is 7.89. The van der Waals surface area contributed by atoms with Gasteiger partial charge in [-0.3, -0.25) is 9.59 Å². The molecule has 0 heterocycles. The van der Waals surface area contributed by atoms with Crippen LogP contribution in [0, 0.1) is 11.8 Å². The molecule has 0 bridgehead atoms. The Labute approximate surface area is 280 Å². The molecule has 2 unspecified atom stereocenters. The Hall–Kier alpha value is -4.01. The maximum Gasteiger partial charge on any atom is 0.253 e. The fourth-order valence-electron chi connectivity index (χ4n) is 5.24. The molecular formula is C37H48N4O5S. The van der Waals surface area contributed by atoms with E-state index in [1.165, 1.54) is 17.1 Å². The second kappa shape index (κ2) is 19.0. The fourth-order valence-corrected chi connectivity index (χ4v) is 6.36. The molecule has 0 aliphatic carbocycles. The monoisotopic (exact) mass is 660 g/mol. The largest absolute Gasteiger partial charge is 0.390 e. The van der Waals surface area contributed by atoms with Gasteiger partial charge in [0.25, 0.3) is 21.8 Å². The highest BCUT2D eigenvalue weighted by Crippen LogP contribution is 2.16. The number of unbranched alkanes of at least 4 members (excludes halogenated alkanes) is 1. The smallest absolute Gasteiger partial charge is 0.253 e. The second-order valence-electron chi connectivity index (χ2n) is 11.5. The zero-order valence-electron chi connectivity index (χ0n) is 27.9. The topological polar surface area (TPSA) is 119 Å². The van der Waals surface area contributed by atoms with Crippen molar-refractivity contribution >= 4 is 21.8 Å². The summed E-state index contributed by atoms with van der Waals surface area (Å²) in [6.45, 7) is 9.22. The molecule has 3 aromatic carbocycles. The number of carbonyl (C=O) groups is 2. The van der Waals surface area contributed by atoms with Crippen molar-refractivity contribution < 1.29 is 23.1 Å². The Morgan fingerprint density at radius 1 is 0.851 bits per heavy atom. The van der Waals surface area contributed by atoms with E-state index in [9.17, 15) is 23.1 Å². The minimum Gasteiger partial charge on any atom is -0.390 e. The number of nitrogens with one attached hydrogen (secondary N) is 2. The maximum absolute atomic E-state index is 13.9. The maximum atomic E-state index is 13.9. The Balaban J connectivity index is 1.92. The molecule has 252 valence electrons. The molecule has 3 rings (SSSR count). The third kappa shape index (κ3) is 11.6. The molecule has 2 atom stereocenters. The Morgan fingerprint density at radius 3 is 2.06 bits per heavy atom. The molecule has 0 fully saturated rings. The number of hydrazine groups is 1.